The number of rotatable bonds is 4. The molecule has 1 heterocycles. The molecule has 1 atom stereocenters. The molecule has 1 aromatic rings. The molecule has 0 amide bonds. The summed E-state index contributed by atoms with van der Waals surface area (Å²) >= 11 is 0. The van der Waals surface area contributed by atoms with E-state index >= 15 is 0 Å². The highest BCUT2D eigenvalue weighted by atomic mass is 16.5. The monoisotopic (exact) mass is 282 g/mol. The topological polar surface area (TPSA) is 26.3 Å². The van der Waals surface area contributed by atoms with Crippen LogP contribution in [-0.4, -0.2) is 5.97 Å². The van der Waals surface area contributed by atoms with Crippen LogP contribution < -0.4 is 0 Å². The molecule has 0 bridgehead atoms. The van der Waals surface area contributed by atoms with Gasteiger partial charge in [0.05, 0.1) is 0 Å². The quantitative estimate of drug-likeness (QED) is 0.581. The maximum Gasteiger partial charge on any atom is 0.339 e. The Morgan fingerprint density at radius 1 is 1.24 bits per heavy atom. The lowest BCUT2D eigenvalue weighted by Gasteiger charge is -2.22. The van der Waals surface area contributed by atoms with E-state index in [4.69, 9.17) is 4.74 Å². The van der Waals surface area contributed by atoms with Gasteiger partial charge in [0.2, 0.25) is 0 Å². The van der Waals surface area contributed by atoms with Crippen molar-refractivity contribution >= 4 is 5.97 Å². The van der Waals surface area contributed by atoms with E-state index in [2.05, 4.69) is 43.3 Å². The largest absolute Gasteiger partial charge is 0.423 e. The van der Waals surface area contributed by atoms with Crippen LogP contribution in [0.25, 0.3) is 0 Å². The number of benzene rings is 1. The molecular formula is C19H22O2. The van der Waals surface area contributed by atoms with Crippen LogP contribution in [0.1, 0.15) is 56.9 Å². The normalized spacial score (nSPS) is 23.4. The molecule has 0 saturated carbocycles. The van der Waals surface area contributed by atoms with Crippen LogP contribution in [0.3, 0.4) is 0 Å². The maximum absolute atomic E-state index is 12.0. The van der Waals surface area contributed by atoms with Gasteiger partial charge in [0.1, 0.15) is 5.76 Å². The van der Waals surface area contributed by atoms with Gasteiger partial charge in [0.15, 0.2) is 0 Å². The second kappa shape index (κ2) is 6.30. The summed E-state index contributed by atoms with van der Waals surface area (Å²) < 4.78 is 5.49. The lowest BCUT2D eigenvalue weighted by molar-refractivity contribution is -0.133. The first-order valence-corrected chi connectivity index (χ1v) is 7.99. The van der Waals surface area contributed by atoms with E-state index in [-0.39, 0.29) is 5.97 Å². The number of unbranched alkanes of at least 4 members (excludes halogenated alkanes) is 2. The molecule has 2 nitrogen and oxygen atoms in total. The molecule has 0 saturated heterocycles. The standard InChI is InChI=1S/C19H22O2/c1-2-3-5-10-18-17-13-15(14-8-6-4-7-9-14)11-12-16(17)19(20)21-18/h4,6-10,15H,2-3,5,11-13H2,1H3/b18-10-. The van der Waals surface area contributed by atoms with Gasteiger partial charge in [-0.25, -0.2) is 4.79 Å². The molecule has 2 heteroatoms. The molecule has 0 N–H and O–H groups in total. The van der Waals surface area contributed by atoms with E-state index in [1.807, 2.05) is 0 Å². The van der Waals surface area contributed by atoms with E-state index in [0.29, 0.717) is 5.92 Å². The second-order valence-corrected chi connectivity index (χ2v) is 5.91. The first kappa shape index (κ1) is 14.1. The third kappa shape index (κ3) is 2.94. The summed E-state index contributed by atoms with van der Waals surface area (Å²) in [5, 5.41) is 0. The third-order valence-electron chi connectivity index (χ3n) is 4.46. The van der Waals surface area contributed by atoms with Crippen molar-refractivity contribution in [3.8, 4) is 0 Å². The molecule has 1 aliphatic heterocycles. The summed E-state index contributed by atoms with van der Waals surface area (Å²) in [6.45, 7) is 2.18. The van der Waals surface area contributed by atoms with Crippen molar-refractivity contribution in [3.63, 3.8) is 0 Å². The molecule has 1 aromatic carbocycles. The van der Waals surface area contributed by atoms with Crippen molar-refractivity contribution in [1.29, 1.82) is 0 Å². The Kier molecular flexibility index (Phi) is 4.23. The Bertz CT molecular complexity index is 581. The minimum Gasteiger partial charge on any atom is -0.423 e. The zero-order chi connectivity index (χ0) is 14.7. The second-order valence-electron chi connectivity index (χ2n) is 5.91. The highest BCUT2D eigenvalue weighted by molar-refractivity contribution is 5.94. The van der Waals surface area contributed by atoms with Gasteiger partial charge in [-0.2, -0.15) is 0 Å². The van der Waals surface area contributed by atoms with Crippen molar-refractivity contribution in [2.75, 3.05) is 0 Å². The van der Waals surface area contributed by atoms with Gasteiger partial charge in [-0.05, 0) is 49.7 Å². The summed E-state index contributed by atoms with van der Waals surface area (Å²) in [6.07, 6.45) is 8.23. The highest BCUT2D eigenvalue weighted by Crippen LogP contribution is 2.43. The van der Waals surface area contributed by atoms with E-state index in [0.717, 1.165) is 55.4 Å². The first-order chi connectivity index (χ1) is 10.3. The SMILES string of the molecule is CCCC/C=C1\OC(=O)C2=C1CC(c1ccccc1)CC2. The number of allylic oxidation sites excluding steroid dienone is 2. The van der Waals surface area contributed by atoms with Crippen molar-refractivity contribution in [1.82, 2.24) is 0 Å². The van der Waals surface area contributed by atoms with Crippen molar-refractivity contribution in [3.05, 3.63) is 58.9 Å². The minimum atomic E-state index is -0.112. The number of esters is 1. The molecule has 0 aromatic heterocycles. The Labute approximate surface area is 126 Å². The average molecular weight is 282 g/mol. The lowest BCUT2D eigenvalue weighted by atomic mass is 9.80. The van der Waals surface area contributed by atoms with Crippen LogP contribution in [0.15, 0.2) is 53.3 Å². The van der Waals surface area contributed by atoms with E-state index in [1.165, 1.54) is 5.56 Å². The van der Waals surface area contributed by atoms with Gasteiger partial charge < -0.3 is 4.74 Å². The molecule has 0 spiro atoms. The molecular weight excluding hydrogens is 260 g/mol. The number of hydrogen-bond acceptors (Lipinski definition) is 2. The van der Waals surface area contributed by atoms with Gasteiger partial charge in [-0.1, -0.05) is 43.7 Å². The Morgan fingerprint density at radius 3 is 2.81 bits per heavy atom. The summed E-state index contributed by atoms with van der Waals surface area (Å²) in [6, 6.07) is 10.6. The van der Waals surface area contributed by atoms with E-state index in [1.54, 1.807) is 0 Å². The van der Waals surface area contributed by atoms with Gasteiger partial charge in [-0.15, -0.1) is 0 Å². The van der Waals surface area contributed by atoms with Crippen molar-refractivity contribution < 1.29 is 9.53 Å². The summed E-state index contributed by atoms with van der Waals surface area (Å²) in [4.78, 5) is 12.0. The van der Waals surface area contributed by atoms with Crippen molar-refractivity contribution in [2.45, 2.75) is 51.4 Å². The lowest BCUT2D eigenvalue weighted by Crippen LogP contribution is -2.09. The third-order valence-corrected chi connectivity index (χ3v) is 4.46. The zero-order valence-electron chi connectivity index (χ0n) is 12.6. The smallest absolute Gasteiger partial charge is 0.339 e. The fourth-order valence-electron chi connectivity index (χ4n) is 3.25. The highest BCUT2D eigenvalue weighted by Gasteiger charge is 2.34. The summed E-state index contributed by atoms with van der Waals surface area (Å²) in [7, 11) is 0. The molecule has 2 aliphatic rings. The Morgan fingerprint density at radius 2 is 2.05 bits per heavy atom. The van der Waals surface area contributed by atoms with Crippen LogP contribution in [0.2, 0.25) is 0 Å². The number of cyclic esters (lactones) is 1. The maximum atomic E-state index is 12.0. The zero-order valence-corrected chi connectivity index (χ0v) is 12.6. The van der Waals surface area contributed by atoms with E-state index in [9.17, 15) is 4.79 Å². The molecule has 0 fully saturated rings. The molecule has 21 heavy (non-hydrogen) atoms. The molecule has 0 radical (unpaired) electrons. The van der Waals surface area contributed by atoms with Crippen LogP contribution in [0.4, 0.5) is 0 Å². The molecule has 1 unspecified atom stereocenters. The van der Waals surface area contributed by atoms with E-state index < -0.39 is 0 Å². The Hall–Kier alpha value is -1.83. The predicted molar refractivity (Wildman–Crippen MR) is 83.8 cm³/mol. The summed E-state index contributed by atoms with van der Waals surface area (Å²) in [5.74, 6) is 1.23. The fourth-order valence-corrected chi connectivity index (χ4v) is 3.25. The first-order valence-electron chi connectivity index (χ1n) is 7.99. The average Bonchev–Trinajstić information content (AvgIpc) is 2.84. The number of carbonyl (C=O) groups excluding carboxylic acids is 1. The number of ether oxygens (including phenoxy) is 1. The van der Waals surface area contributed by atoms with Crippen molar-refractivity contribution in [2.24, 2.45) is 0 Å². The van der Waals surface area contributed by atoms with Gasteiger partial charge >= 0.3 is 5.97 Å². The van der Waals surface area contributed by atoms with Gasteiger partial charge in [0, 0.05) is 11.1 Å². The van der Waals surface area contributed by atoms with Crippen LogP contribution in [0.5, 0.6) is 0 Å². The molecule has 3 rings (SSSR count). The van der Waals surface area contributed by atoms with Gasteiger partial charge in [-0.3, -0.25) is 0 Å². The van der Waals surface area contributed by atoms with Gasteiger partial charge in [0.25, 0.3) is 0 Å². The number of hydrogen-bond donors (Lipinski definition) is 0. The minimum absolute atomic E-state index is 0.112. The molecule has 1 aliphatic carbocycles. The summed E-state index contributed by atoms with van der Waals surface area (Å²) in [5.41, 5.74) is 3.46. The fraction of sp³-hybridized carbons (Fsp3) is 0.421. The Balaban J connectivity index is 1.80. The number of carbonyl (C=O) groups is 1. The van der Waals surface area contributed by atoms with Crippen LogP contribution >= 0.6 is 0 Å². The van der Waals surface area contributed by atoms with Crippen LogP contribution in [-0.2, 0) is 9.53 Å². The molecule has 110 valence electrons. The predicted octanol–water partition coefficient (Wildman–Crippen LogP) is 4.88. The van der Waals surface area contributed by atoms with Crippen LogP contribution in [0, 0.1) is 0 Å².